The van der Waals surface area contributed by atoms with E-state index in [1.165, 1.54) is 18.3 Å². The molecule has 0 spiro atoms. The second kappa shape index (κ2) is 6.24. The number of carbonyl (C=O) groups is 2. The zero-order chi connectivity index (χ0) is 12.8. The van der Waals surface area contributed by atoms with Crippen molar-refractivity contribution in [3.8, 4) is 0 Å². The summed E-state index contributed by atoms with van der Waals surface area (Å²) in [6, 6.07) is 2.76. The summed E-state index contributed by atoms with van der Waals surface area (Å²) in [5.74, 6) is -1.95. The Bertz CT molecular complexity index is 422. The van der Waals surface area contributed by atoms with E-state index in [1.54, 1.807) is 0 Å². The minimum Gasteiger partial charge on any atom is -0.480 e. The Labute approximate surface area is 103 Å². The summed E-state index contributed by atoms with van der Waals surface area (Å²) in [5, 5.41) is 17.6. The Hall–Kier alpha value is -1.56. The summed E-state index contributed by atoms with van der Waals surface area (Å²) in [6.07, 6.45) is 2.65. The molecular weight excluding hydrogens is 242 g/mol. The van der Waals surface area contributed by atoms with Crippen molar-refractivity contribution >= 4 is 23.7 Å². The quantitative estimate of drug-likeness (QED) is 0.757. The van der Waals surface area contributed by atoms with Crippen LogP contribution in [0.15, 0.2) is 23.4 Å². The molecule has 0 saturated heterocycles. The lowest BCUT2D eigenvalue weighted by Crippen LogP contribution is -2.16. The molecule has 2 N–H and O–H groups in total. The first-order valence-corrected chi connectivity index (χ1v) is 6.01. The highest BCUT2D eigenvalue weighted by atomic mass is 32.2. The number of carboxylic acids is 2. The number of aliphatic carboxylic acids is 1. The number of hydrogen-bond donors (Lipinski definition) is 2. The van der Waals surface area contributed by atoms with E-state index in [4.69, 9.17) is 10.2 Å². The maximum absolute atomic E-state index is 10.9. The number of aromatic carboxylic acids is 1. The van der Waals surface area contributed by atoms with E-state index in [9.17, 15) is 9.59 Å². The fourth-order valence-corrected chi connectivity index (χ4v) is 2.31. The lowest BCUT2D eigenvalue weighted by atomic mass is 10.2. The van der Waals surface area contributed by atoms with Crippen LogP contribution in [0.3, 0.4) is 0 Å². The van der Waals surface area contributed by atoms with E-state index in [0.717, 1.165) is 18.2 Å². The van der Waals surface area contributed by atoms with Crippen LogP contribution < -0.4 is 0 Å². The van der Waals surface area contributed by atoms with E-state index in [1.807, 2.05) is 6.92 Å². The molecule has 1 aromatic heterocycles. The average Bonchev–Trinajstić information content (AvgIpc) is 2.28. The molecule has 1 atom stereocenters. The third-order valence-corrected chi connectivity index (χ3v) is 3.26. The first-order chi connectivity index (χ1) is 8.04. The normalized spacial score (nSPS) is 12.1. The summed E-state index contributed by atoms with van der Waals surface area (Å²) in [4.78, 5) is 25.7. The van der Waals surface area contributed by atoms with Crippen molar-refractivity contribution in [2.24, 2.45) is 0 Å². The fraction of sp³-hybridized carbons (Fsp3) is 0.364. The Morgan fingerprint density at radius 2 is 2.18 bits per heavy atom. The van der Waals surface area contributed by atoms with Crippen molar-refractivity contribution in [3.63, 3.8) is 0 Å². The molecule has 5 nitrogen and oxygen atoms in total. The predicted octanol–water partition coefficient (Wildman–Crippen LogP) is 2.13. The van der Waals surface area contributed by atoms with Gasteiger partial charge in [-0.15, -0.1) is 0 Å². The summed E-state index contributed by atoms with van der Waals surface area (Å²) < 4.78 is 0. The van der Waals surface area contributed by atoms with Gasteiger partial charge in [-0.25, -0.2) is 9.78 Å². The number of aromatic nitrogens is 1. The molecule has 92 valence electrons. The predicted molar refractivity (Wildman–Crippen MR) is 63.4 cm³/mol. The van der Waals surface area contributed by atoms with Gasteiger partial charge < -0.3 is 10.2 Å². The molecule has 0 aliphatic rings. The zero-order valence-corrected chi connectivity index (χ0v) is 10.1. The molecule has 0 radical (unpaired) electrons. The average molecular weight is 255 g/mol. The maximum atomic E-state index is 10.9. The van der Waals surface area contributed by atoms with Crippen molar-refractivity contribution in [2.45, 2.75) is 30.0 Å². The lowest BCUT2D eigenvalue weighted by molar-refractivity contribution is -0.136. The van der Waals surface area contributed by atoms with Crippen LogP contribution in [0.5, 0.6) is 0 Å². The smallest absolute Gasteiger partial charge is 0.335 e. The van der Waals surface area contributed by atoms with E-state index < -0.39 is 17.2 Å². The molecular formula is C11H13NO4S. The van der Waals surface area contributed by atoms with Gasteiger partial charge >= 0.3 is 11.9 Å². The molecule has 0 aliphatic carbocycles. The molecule has 0 aromatic carbocycles. The summed E-state index contributed by atoms with van der Waals surface area (Å²) in [5.41, 5.74) is 0.114. The molecule has 1 aromatic rings. The van der Waals surface area contributed by atoms with Gasteiger partial charge in [0.05, 0.1) is 10.6 Å². The van der Waals surface area contributed by atoms with Gasteiger partial charge in [-0.1, -0.05) is 25.1 Å². The Kier molecular flexibility index (Phi) is 4.96. The third kappa shape index (κ3) is 4.07. The number of pyridine rings is 1. The largest absolute Gasteiger partial charge is 0.480 e. The molecule has 0 fully saturated rings. The van der Waals surface area contributed by atoms with Crippen LogP contribution in [0.4, 0.5) is 0 Å². The number of nitrogens with zero attached hydrogens (tertiary/aromatic N) is 1. The first-order valence-electron chi connectivity index (χ1n) is 5.13. The van der Waals surface area contributed by atoms with E-state index in [2.05, 4.69) is 4.98 Å². The van der Waals surface area contributed by atoms with Crippen molar-refractivity contribution in [2.75, 3.05) is 0 Å². The second-order valence-corrected chi connectivity index (χ2v) is 4.64. The molecule has 1 heterocycles. The molecule has 6 heteroatoms. The van der Waals surface area contributed by atoms with Gasteiger partial charge in [0.25, 0.3) is 0 Å². The highest BCUT2D eigenvalue weighted by Gasteiger charge is 2.19. The number of hydrogen-bond acceptors (Lipinski definition) is 4. The van der Waals surface area contributed by atoms with Crippen molar-refractivity contribution < 1.29 is 19.8 Å². The van der Waals surface area contributed by atoms with Gasteiger partial charge in [0.2, 0.25) is 0 Å². The summed E-state index contributed by atoms with van der Waals surface area (Å²) >= 11 is 1.08. The third-order valence-electron chi connectivity index (χ3n) is 2.07. The first kappa shape index (κ1) is 13.5. The standard InChI is InChI=1S/C11H13NO4S/c1-2-3-8(11(15)16)17-9-6-7(10(13)14)4-5-12-9/h4-6,8H,2-3H2,1H3,(H,13,14)(H,15,16). The summed E-state index contributed by atoms with van der Waals surface area (Å²) in [6.45, 7) is 1.90. The Morgan fingerprint density at radius 3 is 2.71 bits per heavy atom. The van der Waals surface area contributed by atoms with Crippen LogP contribution in [-0.2, 0) is 4.79 Å². The molecule has 0 amide bonds. The highest BCUT2D eigenvalue weighted by Crippen LogP contribution is 2.25. The van der Waals surface area contributed by atoms with Gasteiger partial charge in [0.1, 0.15) is 5.25 Å². The van der Waals surface area contributed by atoms with E-state index >= 15 is 0 Å². The van der Waals surface area contributed by atoms with Crippen LogP contribution in [0, 0.1) is 0 Å². The van der Waals surface area contributed by atoms with E-state index in [-0.39, 0.29) is 5.56 Å². The van der Waals surface area contributed by atoms with Gasteiger partial charge in [0.15, 0.2) is 0 Å². The molecule has 0 saturated carbocycles. The van der Waals surface area contributed by atoms with Crippen molar-refractivity contribution in [3.05, 3.63) is 23.9 Å². The maximum Gasteiger partial charge on any atom is 0.335 e. The second-order valence-electron chi connectivity index (χ2n) is 3.42. The van der Waals surface area contributed by atoms with Gasteiger partial charge in [-0.3, -0.25) is 4.79 Å². The van der Waals surface area contributed by atoms with Crippen LogP contribution in [-0.4, -0.2) is 32.4 Å². The number of thioether (sulfide) groups is 1. The highest BCUT2D eigenvalue weighted by molar-refractivity contribution is 8.00. The van der Waals surface area contributed by atoms with Gasteiger partial charge in [-0.2, -0.15) is 0 Å². The van der Waals surface area contributed by atoms with Crippen LogP contribution >= 0.6 is 11.8 Å². The SMILES string of the molecule is CCCC(Sc1cc(C(=O)O)ccn1)C(=O)O. The summed E-state index contributed by atoms with van der Waals surface area (Å²) in [7, 11) is 0. The van der Waals surface area contributed by atoms with Crippen LogP contribution in [0.25, 0.3) is 0 Å². The molecule has 0 bridgehead atoms. The monoisotopic (exact) mass is 255 g/mol. The molecule has 17 heavy (non-hydrogen) atoms. The van der Waals surface area contributed by atoms with Gasteiger partial charge in [0, 0.05) is 6.20 Å². The van der Waals surface area contributed by atoms with Gasteiger partial charge in [-0.05, 0) is 18.6 Å². The minimum atomic E-state index is -1.04. The van der Waals surface area contributed by atoms with Crippen molar-refractivity contribution in [1.82, 2.24) is 4.98 Å². The molecule has 1 rings (SSSR count). The molecule has 0 aliphatic heterocycles. The topological polar surface area (TPSA) is 87.5 Å². The van der Waals surface area contributed by atoms with E-state index in [0.29, 0.717) is 11.4 Å². The number of carboxylic acid groups (broad SMARTS) is 2. The van der Waals surface area contributed by atoms with Crippen LogP contribution in [0.1, 0.15) is 30.1 Å². The Balaban J connectivity index is 2.82. The lowest BCUT2D eigenvalue weighted by Gasteiger charge is -2.09. The van der Waals surface area contributed by atoms with Crippen LogP contribution in [0.2, 0.25) is 0 Å². The zero-order valence-electron chi connectivity index (χ0n) is 9.29. The fourth-order valence-electron chi connectivity index (χ4n) is 1.25. The van der Waals surface area contributed by atoms with Crippen molar-refractivity contribution in [1.29, 1.82) is 0 Å². The molecule has 1 unspecified atom stereocenters. The minimum absolute atomic E-state index is 0.114. The number of rotatable bonds is 6. The Morgan fingerprint density at radius 1 is 1.47 bits per heavy atom.